The lowest BCUT2D eigenvalue weighted by Crippen LogP contribution is -2.16. The average Bonchev–Trinajstić information content (AvgIpc) is 2.57. The van der Waals surface area contributed by atoms with Crippen molar-refractivity contribution in [1.82, 2.24) is 9.97 Å². The maximum absolute atomic E-state index is 9.68. The smallest absolute Gasteiger partial charge is 0.228 e. The Morgan fingerprint density at radius 1 is 1.20 bits per heavy atom. The van der Waals surface area contributed by atoms with Gasteiger partial charge >= 0.3 is 0 Å². The summed E-state index contributed by atoms with van der Waals surface area (Å²) in [5.74, 6) is 0.726. The Bertz CT molecular complexity index is 965. The van der Waals surface area contributed by atoms with Crippen LogP contribution in [-0.4, -0.2) is 33.7 Å². The van der Waals surface area contributed by atoms with Crippen molar-refractivity contribution in [1.29, 1.82) is 5.41 Å². The number of anilines is 1. The van der Waals surface area contributed by atoms with Gasteiger partial charge in [0.25, 0.3) is 0 Å². The van der Waals surface area contributed by atoms with Crippen molar-refractivity contribution in [2.24, 2.45) is 4.99 Å². The number of hydrogen-bond acceptors (Lipinski definition) is 5. The Morgan fingerprint density at radius 2 is 2.00 bits per heavy atom. The number of aromatic nitrogens is 2. The zero-order valence-electron chi connectivity index (χ0n) is 14.1. The Hall–Kier alpha value is -3.28. The zero-order chi connectivity index (χ0) is 17.8. The SMILES string of the molecule is Cc1ccc2nc(NC(=N)C/N=C/c3ccccc3O)nc(C)c2c1. The maximum Gasteiger partial charge on any atom is 0.228 e. The Balaban J connectivity index is 1.70. The Kier molecular flexibility index (Phi) is 4.70. The number of fused-ring (bicyclic) bond motifs is 1. The highest BCUT2D eigenvalue weighted by atomic mass is 16.3. The molecule has 0 saturated heterocycles. The van der Waals surface area contributed by atoms with Crippen LogP contribution in [0.25, 0.3) is 10.9 Å². The minimum atomic E-state index is 0.142. The molecule has 0 amide bonds. The minimum Gasteiger partial charge on any atom is -0.507 e. The van der Waals surface area contributed by atoms with Gasteiger partial charge in [0.15, 0.2) is 0 Å². The van der Waals surface area contributed by atoms with Gasteiger partial charge in [-0.2, -0.15) is 0 Å². The topological polar surface area (TPSA) is 94.2 Å². The lowest BCUT2D eigenvalue weighted by molar-refractivity contribution is 0.474. The van der Waals surface area contributed by atoms with Crippen LogP contribution in [0, 0.1) is 19.3 Å². The number of nitrogens with zero attached hydrogens (tertiary/aromatic N) is 3. The fraction of sp³-hybridized carbons (Fsp3) is 0.158. The van der Waals surface area contributed by atoms with Crippen LogP contribution in [0.4, 0.5) is 5.95 Å². The summed E-state index contributed by atoms with van der Waals surface area (Å²) in [6, 6.07) is 12.9. The van der Waals surface area contributed by atoms with E-state index >= 15 is 0 Å². The van der Waals surface area contributed by atoms with Crippen LogP contribution in [0.1, 0.15) is 16.8 Å². The van der Waals surface area contributed by atoms with Gasteiger partial charge < -0.3 is 10.4 Å². The normalized spacial score (nSPS) is 11.1. The number of nitrogens with one attached hydrogen (secondary N) is 2. The van der Waals surface area contributed by atoms with E-state index in [0.29, 0.717) is 11.5 Å². The fourth-order valence-corrected chi connectivity index (χ4v) is 2.46. The number of phenols is 1. The standard InChI is InChI=1S/C19H19N5O/c1-12-7-8-16-15(9-12)13(2)22-19(23-16)24-18(20)11-21-10-14-5-3-4-6-17(14)25/h3-10,25H,11H2,1-2H3,(H2,20,22,23,24)/b21-10+. The number of benzene rings is 2. The van der Waals surface area contributed by atoms with Gasteiger partial charge in [-0.3, -0.25) is 10.4 Å². The third kappa shape index (κ3) is 3.98. The Labute approximate surface area is 145 Å². The average molecular weight is 333 g/mol. The molecule has 1 heterocycles. The lowest BCUT2D eigenvalue weighted by atomic mass is 10.1. The molecule has 3 rings (SSSR count). The highest BCUT2D eigenvalue weighted by molar-refractivity contribution is 5.95. The minimum absolute atomic E-state index is 0.142. The van der Waals surface area contributed by atoms with E-state index in [1.54, 1.807) is 24.4 Å². The first-order chi connectivity index (χ1) is 12.0. The highest BCUT2D eigenvalue weighted by Gasteiger charge is 2.06. The summed E-state index contributed by atoms with van der Waals surface area (Å²) in [5.41, 5.74) is 3.47. The molecule has 6 nitrogen and oxygen atoms in total. The lowest BCUT2D eigenvalue weighted by Gasteiger charge is -2.08. The molecule has 3 N–H and O–H groups in total. The summed E-state index contributed by atoms with van der Waals surface area (Å²) in [4.78, 5) is 13.0. The number of phenolic OH excluding ortho intramolecular Hbond substituents is 1. The number of hydrogen-bond donors (Lipinski definition) is 3. The van der Waals surface area contributed by atoms with Crippen molar-refractivity contribution in [3.05, 3.63) is 59.3 Å². The van der Waals surface area contributed by atoms with Crippen molar-refractivity contribution in [3.63, 3.8) is 0 Å². The molecule has 0 spiro atoms. The quantitative estimate of drug-likeness (QED) is 0.503. The predicted molar refractivity (Wildman–Crippen MR) is 101 cm³/mol. The van der Waals surface area contributed by atoms with Gasteiger partial charge in [-0.05, 0) is 38.1 Å². The van der Waals surface area contributed by atoms with E-state index in [2.05, 4.69) is 26.3 Å². The van der Waals surface area contributed by atoms with Crippen LogP contribution in [0.3, 0.4) is 0 Å². The molecule has 0 bridgehead atoms. The molecule has 3 aromatic rings. The van der Waals surface area contributed by atoms with Gasteiger partial charge in [-0.1, -0.05) is 23.8 Å². The summed E-state index contributed by atoms with van der Waals surface area (Å²) >= 11 is 0. The third-order valence-corrected chi connectivity index (χ3v) is 3.72. The van der Waals surface area contributed by atoms with Crippen LogP contribution in [-0.2, 0) is 0 Å². The second-order valence-corrected chi connectivity index (χ2v) is 5.79. The van der Waals surface area contributed by atoms with Gasteiger partial charge in [0.2, 0.25) is 5.95 Å². The molecular formula is C19H19N5O. The van der Waals surface area contributed by atoms with Crippen molar-refractivity contribution < 1.29 is 5.11 Å². The number of aromatic hydroxyl groups is 1. The summed E-state index contributed by atoms with van der Waals surface area (Å²) in [7, 11) is 0. The second-order valence-electron chi connectivity index (χ2n) is 5.79. The number of aryl methyl sites for hydroxylation is 2. The molecule has 126 valence electrons. The maximum atomic E-state index is 9.68. The van der Waals surface area contributed by atoms with E-state index in [1.807, 2.05) is 32.0 Å². The summed E-state index contributed by atoms with van der Waals surface area (Å²) in [6.45, 7) is 4.10. The summed E-state index contributed by atoms with van der Waals surface area (Å²) in [5, 5.41) is 21.6. The van der Waals surface area contributed by atoms with Crippen molar-refractivity contribution >= 4 is 28.9 Å². The molecule has 0 aliphatic rings. The molecule has 2 aromatic carbocycles. The number of amidine groups is 1. The van der Waals surface area contributed by atoms with Gasteiger partial charge in [0.1, 0.15) is 11.6 Å². The van der Waals surface area contributed by atoms with Gasteiger partial charge in [-0.25, -0.2) is 9.97 Å². The third-order valence-electron chi connectivity index (χ3n) is 3.72. The largest absolute Gasteiger partial charge is 0.507 e. The van der Waals surface area contributed by atoms with Crippen LogP contribution in [0.5, 0.6) is 5.75 Å². The molecular weight excluding hydrogens is 314 g/mol. The zero-order valence-corrected chi connectivity index (χ0v) is 14.1. The van der Waals surface area contributed by atoms with Crippen LogP contribution in [0.15, 0.2) is 47.5 Å². The molecule has 1 aromatic heterocycles. The molecule has 25 heavy (non-hydrogen) atoms. The summed E-state index contributed by atoms with van der Waals surface area (Å²) in [6.07, 6.45) is 1.54. The number of rotatable bonds is 4. The molecule has 0 aliphatic carbocycles. The molecule has 6 heteroatoms. The second kappa shape index (κ2) is 7.09. The van der Waals surface area contributed by atoms with Gasteiger partial charge in [0, 0.05) is 17.2 Å². The van der Waals surface area contributed by atoms with Crippen LogP contribution >= 0.6 is 0 Å². The predicted octanol–water partition coefficient (Wildman–Crippen LogP) is 3.46. The van der Waals surface area contributed by atoms with Crippen LogP contribution < -0.4 is 5.32 Å². The van der Waals surface area contributed by atoms with E-state index in [9.17, 15) is 5.11 Å². The molecule has 0 aliphatic heterocycles. The van der Waals surface area contributed by atoms with Gasteiger partial charge in [-0.15, -0.1) is 0 Å². The molecule has 0 unspecified atom stereocenters. The van der Waals surface area contributed by atoms with Crippen molar-refractivity contribution in [2.75, 3.05) is 11.9 Å². The first-order valence-corrected chi connectivity index (χ1v) is 7.90. The first-order valence-electron chi connectivity index (χ1n) is 7.90. The van der Waals surface area contributed by atoms with E-state index in [0.717, 1.165) is 22.2 Å². The Morgan fingerprint density at radius 3 is 2.80 bits per heavy atom. The van der Waals surface area contributed by atoms with Gasteiger partial charge in [0.05, 0.1) is 17.8 Å². The first kappa shape index (κ1) is 16.6. The van der Waals surface area contributed by atoms with Crippen molar-refractivity contribution in [2.45, 2.75) is 13.8 Å². The van der Waals surface area contributed by atoms with E-state index in [1.165, 1.54) is 0 Å². The van der Waals surface area contributed by atoms with E-state index in [-0.39, 0.29) is 18.1 Å². The molecule has 0 atom stereocenters. The van der Waals surface area contributed by atoms with E-state index in [4.69, 9.17) is 5.41 Å². The number of para-hydroxylation sites is 1. The number of aliphatic imine (C=N–C) groups is 1. The fourth-order valence-electron chi connectivity index (χ4n) is 2.46. The molecule has 0 saturated carbocycles. The molecule has 0 fully saturated rings. The van der Waals surface area contributed by atoms with E-state index < -0.39 is 0 Å². The monoisotopic (exact) mass is 333 g/mol. The highest BCUT2D eigenvalue weighted by Crippen LogP contribution is 2.18. The molecule has 0 radical (unpaired) electrons. The summed E-state index contributed by atoms with van der Waals surface area (Å²) < 4.78 is 0. The van der Waals surface area contributed by atoms with Crippen molar-refractivity contribution in [3.8, 4) is 5.75 Å². The van der Waals surface area contributed by atoms with Crippen LogP contribution in [0.2, 0.25) is 0 Å².